The van der Waals surface area contributed by atoms with Crippen molar-refractivity contribution in [2.75, 3.05) is 5.32 Å². The SMILES string of the molecule is Clc1cccc(NC2C3CC4CC(C3)CC2C4)c1. The van der Waals surface area contributed by atoms with Crippen LogP contribution in [0.5, 0.6) is 0 Å². The lowest BCUT2D eigenvalue weighted by atomic mass is 9.54. The summed E-state index contributed by atoms with van der Waals surface area (Å²) in [6, 6.07) is 8.91. The van der Waals surface area contributed by atoms with E-state index in [0.717, 1.165) is 28.7 Å². The molecule has 4 saturated carbocycles. The second-order valence-electron chi connectivity index (χ2n) is 6.61. The molecule has 4 aliphatic rings. The van der Waals surface area contributed by atoms with Gasteiger partial charge in [-0.1, -0.05) is 17.7 Å². The van der Waals surface area contributed by atoms with Crippen LogP contribution in [0.3, 0.4) is 0 Å². The molecule has 1 aromatic rings. The molecular formula is C16H20ClN. The summed E-state index contributed by atoms with van der Waals surface area (Å²) in [4.78, 5) is 0. The van der Waals surface area contributed by atoms with E-state index in [0.29, 0.717) is 6.04 Å². The molecule has 1 N–H and O–H groups in total. The van der Waals surface area contributed by atoms with E-state index >= 15 is 0 Å². The fourth-order valence-electron chi connectivity index (χ4n) is 4.93. The zero-order chi connectivity index (χ0) is 12.1. The van der Waals surface area contributed by atoms with Gasteiger partial charge in [-0.2, -0.15) is 0 Å². The molecule has 4 bridgehead atoms. The zero-order valence-electron chi connectivity index (χ0n) is 10.6. The average Bonchev–Trinajstić information content (AvgIpc) is 2.33. The minimum Gasteiger partial charge on any atom is -0.382 e. The van der Waals surface area contributed by atoms with Crippen LogP contribution in [-0.4, -0.2) is 6.04 Å². The number of hydrogen-bond donors (Lipinski definition) is 1. The van der Waals surface area contributed by atoms with Gasteiger partial charge in [-0.25, -0.2) is 0 Å². The van der Waals surface area contributed by atoms with Crippen molar-refractivity contribution in [3.63, 3.8) is 0 Å². The summed E-state index contributed by atoms with van der Waals surface area (Å²) in [6.45, 7) is 0. The topological polar surface area (TPSA) is 12.0 Å². The number of halogens is 1. The van der Waals surface area contributed by atoms with Crippen molar-refractivity contribution in [1.29, 1.82) is 0 Å². The minimum atomic E-state index is 0.705. The van der Waals surface area contributed by atoms with Gasteiger partial charge in [-0.3, -0.25) is 0 Å². The molecule has 0 amide bonds. The number of rotatable bonds is 2. The molecule has 0 saturated heterocycles. The van der Waals surface area contributed by atoms with E-state index in [-0.39, 0.29) is 0 Å². The van der Waals surface area contributed by atoms with E-state index in [9.17, 15) is 0 Å². The molecule has 0 spiro atoms. The van der Waals surface area contributed by atoms with Gasteiger partial charge in [0.2, 0.25) is 0 Å². The first-order chi connectivity index (χ1) is 8.78. The Morgan fingerprint density at radius 3 is 2.22 bits per heavy atom. The lowest BCUT2D eigenvalue weighted by Gasteiger charge is -2.54. The van der Waals surface area contributed by atoms with Crippen molar-refractivity contribution in [3.8, 4) is 0 Å². The number of hydrogen-bond acceptors (Lipinski definition) is 1. The molecule has 0 heterocycles. The third-order valence-electron chi connectivity index (χ3n) is 5.38. The van der Waals surface area contributed by atoms with E-state index < -0.39 is 0 Å². The molecule has 18 heavy (non-hydrogen) atoms. The summed E-state index contributed by atoms with van der Waals surface area (Å²) >= 11 is 6.07. The van der Waals surface area contributed by atoms with E-state index in [1.807, 2.05) is 12.1 Å². The van der Waals surface area contributed by atoms with Crippen molar-refractivity contribution in [2.45, 2.75) is 38.1 Å². The summed E-state index contributed by atoms with van der Waals surface area (Å²) < 4.78 is 0. The Balaban J connectivity index is 1.55. The molecule has 0 radical (unpaired) electrons. The Kier molecular flexibility index (Phi) is 2.58. The first-order valence-electron chi connectivity index (χ1n) is 7.30. The monoisotopic (exact) mass is 261 g/mol. The summed E-state index contributed by atoms with van der Waals surface area (Å²) in [7, 11) is 0. The van der Waals surface area contributed by atoms with Crippen LogP contribution in [0.15, 0.2) is 24.3 Å². The minimum absolute atomic E-state index is 0.705. The highest BCUT2D eigenvalue weighted by Crippen LogP contribution is 2.54. The van der Waals surface area contributed by atoms with Crippen molar-refractivity contribution >= 4 is 17.3 Å². The second-order valence-corrected chi connectivity index (χ2v) is 7.05. The van der Waals surface area contributed by atoms with Crippen LogP contribution in [0.1, 0.15) is 32.1 Å². The molecule has 5 rings (SSSR count). The smallest absolute Gasteiger partial charge is 0.0426 e. The molecule has 4 fully saturated rings. The van der Waals surface area contributed by atoms with E-state index in [1.165, 1.54) is 37.8 Å². The highest BCUT2D eigenvalue weighted by atomic mass is 35.5. The average molecular weight is 262 g/mol. The normalized spacial score (nSPS) is 41.1. The molecule has 0 unspecified atom stereocenters. The number of benzene rings is 1. The van der Waals surface area contributed by atoms with Gasteiger partial charge >= 0.3 is 0 Å². The fraction of sp³-hybridized carbons (Fsp3) is 0.625. The molecule has 4 aliphatic carbocycles. The first-order valence-corrected chi connectivity index (χ1v) is 7.68. The summed E-state index contributed by atoms with van der Waals surface area (Å²) in [5.74, 6) is 3.93. The maximum Gasteiger partial charge on any atom is 0.0426 e. The van der Waals surface area contributed by atoms with Crippen LogP contribution in [-0.2, 0) is 0 Å². The van der Waals surface area contributed by atoms with Crippen molar-refractivity contribution in [1.82, 2.24) is 0 Å². The van der Waals surface area contributed by atoms with Crippen molar-refractivity contribution in [3.05, 3.63) is 29.3 Å². The maximum atomic E-state index is 6.07. The molecule has 0 atom stereocenters. The highest BCUT2D eigenvalue weighted by molar-refractivity contribution is 6.30. The third-order valence-corrected chi connectivity index (χ3v) is 5.62. The Hall–Kier alpha value is -0.690. The zero-order valence-corrected chi connectivity index (χ0v) is 11.4. The summed E-state index contributed by atoms with van der Waals surface area (Å²) in [6.07, 6.45) is 7.38. The van der Waals surface area contributed by atoms with Gasteiger partial charge in [0.1, 0.15) is 0 Å². The molecule has 2 heteroatoms. The van der Waals surface area contributed by atoms with Crippen LogP contribution in [0.25, 0.3) is 0 Å². The Labute approximate surface area is 114 Å². The quantitative estimate of drug-likeness (QED) is 0.822. The Bertz CT molecular complexity index is 428. The van der Waals surface area contributed by atoms with Gasteiger partial charge in [0.25, 0.3) is 0 Å². The largest absolute Gasteiger partial charge is 0.382 e. The van der Waals surface area contributed by atoms with Gasteiger partial charge in [-0.05, 0) is 74.0 Å². The lowest BCUT2D eigenvalue weighted by Crippen LogP contribution is -2.51. The molecule has 1 nitrogen and oxygen atoms in total. The Morgan fingerprint density at radius 1 is 0.944 bits per heavy atom. The molecule has 1 aromatic carbocycles. The fourth-order valence-corrected chi connectivity index (χ4v) is 5.12. The van der Waals surface area contributed by atoms with Crippen LogP contribution < -0.4 is 5.32 Å². The number of nitrogens with one attached hydrogen (secondary N) is 1. The van der Waals surface area contributed by atoms with Gasteiger partial charge in [0, 0.05) is 16.8 Å². The lowest BCUT2D eigenvalue weighted by molar-refractivity contribution is 0.00754. The van der Waals surface area contributed by atoms with E-state index in [4.69, 9.17) is 11.6 Å². The van der Waals surface area contributed by atoms with Crippen LogP contribution in [0.2, 0.25) is 5.02 Å². The van der Waals surface area contributed by atoms with Gasteiger partial charge in [0.15, 0.2) is 0 Å². The van der Waals surface area contributed by atoms with Gasteiger partial charge in [-0.15, -0.1) is 0 Å². The predicted molar refractivity (Wildman–Crippen MR) is 75.9 cm³/mol. The van der Waals surface area contributed by atoms with Crippen LogP contribution in [0.4, 0.5) is 5.69 Å². The predicted octanol–water partition coefficient (Wildman–Crippen LogP) is 4.58. The first kappa shape index (κ1) is 11.2. The molecule has 0 aliphatic heterocycles. The van der Waals surface area contributed by atoms with Crippen LogP contribution in [0, 0.1) is 23.7 Å². The van der Waals surface area contributed by atoms with Crippen LogP contribution >= 0.6 is 11.6 Å². The third kappa shape index (κ3) is 1.84. The number of anilines is 1. The van der Waals surface area contributed by atoms with Crippen molar-refractivity contribution < 1.29 is 0 Å². The Morgan fingerprint density at radius 2 is 1.61 bits per heavy atom. The summed E-state index contributed by atoms with van der Waals surface area (Å²) in [5.41, 5.74) is 1.21. The van der Waals surface area contributed by atoms with Crippen molar-refractivity contribution in [2.24, 2.45) is 23.7 Å². The van der Waals surface area contributed by atoms with Gasteiger partial charge < -0.3 is 5.32 Å². The standard InChI is InChI=1S/C16H20ClN/c17-14-2-1-3-15(9-14)18-16-12-5-10-4-11(7-12)8-13(16)6-10/h1-3,9-13,16,18H,4-8H2. The summed E-state index contributed by atoms with van der Waals surface area (Å²) in [5, 5.41) is 4.62. The molecule has 96 valence electrons. The highest BCUT2D eigenvalue weighted by Gasteiger charge is 2.48. The maximum absolute atomic E-state index is 6.07. The van der Waals surface area contributed by atoms with E-state index in [2.05, 4.69) is 17.4 Å². The van der Waals surface area contributed by atoms with Gasteiger partial charge in [0.05, 0.1) is 0 Å². The molecule has 0 aromatic heterocycles. The van der Waals surface area contributed by atoms with E-state index in [1.54, 1.807) is 0 Å². The molecular weight excluding hydrogens is 242 g/mol. The second kappa shape index (κ2) is 4.16.